The zero-order chi connectivity index (χ0) is 12.1. The Bertz CT molecular complexity index is 368. The van der Waals surface area contributed by atoms with Gasteiger partial charge >= 0.3 is 6.03 Å². The van der Waals surface area contributed by atoms with Crippen LogP contribution in [0.4, 0.5) is 4.79 Å². The van der Waals surface area contributed by atoms with Crippen LogP contribution in [-0.2, 0) is 0 Å². The molecule has 1 saturated heterocycles. The van der Waals surface area contributed by atoms with E-state index in [0.29, 0.717) is 0 Å². The number of rotatable bonds is 5. The minimum atomic E-state index is 0.0424. The number of carbonyl (C=O) groups excluding carboxylic acids is 1. The van der Waals surface area contributed by atoms with Crippen LogP contribution in [0, 0.1) is 0 Å². The van der Waals surface area contributed by atoms with Crippen molar-refractivity contribution in [3.63, 3.8) is 0 Å². The average Bonchev–Trinajstić information content (AvgIpc) is 2.76. The molecule has 1 unspecified atom stereocenters. The first-order valence-electron chi connectivity index (χ1n) is 5.93. The van der Waals surface area contributed by atoms with Crippen molar-refractivity contribution in [3.8, 4) is 0 Å². The van der Waals surface area contributed by atoms with Gasteiger partial charge in [-0.1, -0.05) is 6.07 Å². The molecule has 1 aromatic heterocycles. The molecule has 1 fully saturated rings. The van der Waals surface area contributed by atoms with E-state index in [-0.39, 0.29) is 12.1 Å². The standard InChI is InChI=1S/C12H18N4O/c1-10(11-3-2-4-13-9-11)14-5-7-16-8-6-15-12(16)17/h2-4,9-10,14H,5-8H2,1H3,(H,15,17). The first-order valence-corrected chi connectivity index (χ1v) is 5.93. The van der Waals surface area contributed by atoms with Gasteiger partial charge < -0.3 is 15.5 Å². The summed E-state index contributed by atoms with van der Waals surface area (Å²) in [4.78, 5) is 17.2. The third kappa shape index (κ3) is 3.17. The molecule has 0 saturated carbocycles. The fourth-order valence-corrected chi connectivity index (χ4v) is 1.89. The molecular formula is C12H18N4O. The van der Waals surface area contributed by atoms with Gasteiger partial charge in [-0.25, -0.2) is 4.79 Å². The van der Waals surface area contributed by atoms with Gasteiger partial charge in [0.25, 0.3) is 0 Å². The van der Waals surface area contributed by atoms with Gasteiger partial charge in [0.1, 0.15) is 0 Å². The van der Waals surface area contributed by atoms with E-state index in [9.17, 15) is 4.79 Å². The van der Waals surface area contributed by atoms with Crippen LogP contribution in [0.25, 0.3) is 0 Å². The molecule has 1 aliphatic rings. The number of aromatic nitrogens is 1. The number of urea groups is 1. The van der Waals surface area contributed by atoms with E-state index in [2.05, 4.69) is 22.5 Å². The Morgan fingerprint density at radius 1 is 1.65 bits per heavy atom. The number of pyridine rings is 1. The number of amides is 2. The van der Waals surface area contributed by atoms with E-state index < -0.39 is 0 Å². The van der Waals surface area contributed by atoms with Crippen molar-refractivity contribution in [1.29, 1.82) is 0 Å². The molecule has 0 aromatic carbocycles. The highest BCUT2D eigenvalue weighted by Gasteiger charge is 2.18. The number of carbonyl (C=O) groups is 1. The lowest BCUT2D eigenvalue weighted by molar-refractivity contribution is 0.217. The largest absolute Gasteiger partial charge is 0.336 e. The topological polar surface area (TPSA) is 57.3 Å². The van der Waals surface area contributed by atoms with Crippen LogP contribution < -0.4 is 10.6 Å². The second-order valence-corrected chi connectivity index (χ2v) is 4.18. The van der Waals surface area contributed by atoms with Crippen LogP contribution in [0.5, 0.6) is 0 Å². The second kappa shape index (κ2) is 5.63. The molecule has 2 N–H and O–H groups in total. The molecule has 0 bridgehead atoms. The van der Waals surface area contributed by atoms with Crippen molar-refractivity contribution >= 4 is 6.03 Å². The van der Waals surface area contributed by atoms with Crippen molar-refractivity contribution in [1.82, 2.24) is 20.5 Å². The van der Waals surface area contributed by atoms with Gasteiger partial charge in [0.15, 0.2) is 0 Å². The lowest BCUT2D eigenvalue weighted by Gasteiger charge is -2.17. The zero-order valence-electron chi connectivity index (χ0n) is 10.0. The molecule has 1 atom stereocenters. The predicted molar refractivity (Wildman–Crippen MR) is 65.6 cm³/mol. The summed E-state index contributed by atoms with van der Waals surface area (Å²) < 4.78 is 0. The third-order valence-corrected chi connectivity index (χ3v) is 2.96. The Morgan fingerprint density at radius 2 is 2.53 bits per heavy atom. The van der Waals surface area contributed by atoms with E-state index >= 15 is 0 Å². The second-order valence-electron chi connectivity index (χ2n) is 4.18. The smallest absolute Gasteiger partial charge is 0.317 e. The summed E-state index contributed by atoms with van der Waals surface area (Å²) in [6, 6.07) is 4.28. The Balaban J connectivity index is 1.73. The maximum absolute atomic E-state index is 11.3. The molecule has 1 aliphatic heterocycles. The molecule has 2 heterocycles. The van der Waals surface area contributed by atoms with Crippen molar-refractivity contribution in [3.05, 3.63) is 30.1 Å². The summed E-state index contributed by atoms with van der Waals surface area (Å²) in [7, 11) is 0. The molecule has 1 aromatic rings. The summed E-state index contributed by atoms with van der Waals surface area (Å²) in [5.74, 6) is 0. The highest BCUT2D eigenvalue weighted by molar-refractivity contribution is 5.76. The van der Waals surface area contributed by atoms with E-state index in [1.165, 1.54) is 5.56 Å². The first kappa shape index (κ1) is 11.9. The van der Waals surface area contributed by atoms with E-state index in [1.54, 1.807) is 6.20 Å². The molecule has 17 heavy (non-hydrogen) atoms. The summed E-state index contributed by atoms with van der Waals surface area (Å²) >= 11 is 0. The molecule has 0 radical (unpaired) electrons. The molecule has 92 valence electrons. The van der Waals surface area contributed by atoms with E-state index in [4.69, 9.17) is 0 Å². The average molecular weight is 234 g/mol. The van der Waals surface area contributed by atoms with Gasteiger partial charge in [-0.05, 0) is 18.6 Å². The van der Waals surface area contributed by atoms with Crippen molar-refractivity contribution < 1.29 is 4.79 Å². The highest BCUT2D eigenvalue weighted by Crippen LogP contribution is 2.09. The number of nitrogens with zero attached hydrogens (tertiary/aromatic N) is 2. The van der Waals surface area contributed by atoms with Crippen LogP contribution in [0.2, 0.25) is 0 Å². The lowest BCUT2D eigenvalue weighted by atomic mass is 10.1. The fourth-order valence-electron chi connectivity index (χ4n) is 1.89. The third-order valence-electron chi connectivity index (χ3n) is 2.96. The quantitative estimate of drug-likeness (QED) is 0.790. The summed E-state index contributed by atoms with van der Waals surface area (Å²) in [6.45, 7) is 5.21. The molecule has 2 amide bonds. The van der Waals surface area contributed by atoms with Gasteiger partial charge in [-0.3, -0.25) is 4.98 Å². The first-order chi connectivity index (χ1) is 8.27. The van der Waals surface area contributed by atoms with E-state index in [1.807, 2.05) is 23.2 Å². The Labute approximate surface area is 101 Å². The summed E-state index contributed by atoms with van der Waals surface area (Å²) in [6.07, 6.45) is 3.63. The monoisotopic (exact) mass is 234 g/mol. The maximum Gasteiger partial charge on any atom is 0.317 e. The fraction of sp³-hybridized carbons (Fsp3) is 0.500. The van der Waals surface area contributed by atoms with Gasteiger partial charge in [0, 0.05) is 44.6 Å². The molecule has 0 spiro atoms. The van der Waals surface area contributed by atoms with Gasteiger partial charge in [0.05, 0.1) is 0 Å². The normalized spacial score (nSPS) is 17.0. The molecule has 5 heteroatoms. The van der Waals surface area contributed by atoms with Gasteiger partial charge in [0.2, 0.25) is 0 Å². The Morgan fingerprint density at radius 3 is 3.18 bits per heavy atom. The SMILES string of the molecule is CC(NCCN1CCNC1=O)c1cccnc1. The minimum absolute atomic E-state index is 0.0424. The Kier molecular flexibility index (Phi) is 3.93. The van der Waals surface area contributed by atoms with Gasteiger partial charge in [-0.2, -0.15) is 0 Å². The molecular weight excluding hydrogens is 216 g/mol. The van der Waals surface area contributed by atoms with Crippen LogP contribution >= 0.6 is 0 Å². The van der Waals surface area contributed by atoms with Gasteiger partial charge in [-0.15, -0.1) is 0 Å². The maximum atomic E-state index is 11.3. The molecule has 5 nitrogen and oxygen atoms in total. The van der Waals surface area contributed by atoms with Crippen LogP contribution in [0.3, 0.4) is 0 Å². The number of hydrogen-bond acceptors (Lipinski definition) is 3. The molecule has 2 rings (SSSR count). The summed E-state index contributed by atoms with van der Waals surface area (Å²) in [5.41, 5.74) is 1.17. The number of nitrogens with one attached hydrogen (secondary N) is 2. The van der Waals surface area contributed by atoms with E-state index in [0.717, 1.165) is 26.2 Å². The van der Waals surface area contributed by atoms with Crippen LogP contribution in [0.1, 0.15) is 18.5 Å². The zero-order valence-corrected chi connectivity index (χ0v) is 10.0. The Hall–Kier alpha value is -1.62. The molecule has 0 aliphatic carbocycles. The van der Waals surface area contributed by atoms with Crippen molar-refractivity contribution in [2.75, 3.05) is 26.2 Å². The summed E-state index contributed by atoms with van der Waals surface area (Å²) in [5, 5.41) is 6.17. The van der Waals surface area contributed by atoms with Crippen molar-refractivity contribution in [2.24, 2.45) is 0 Å². The number of hydrogen-bond donors (Lipinski definition) is 2. The highest BCUT2D eigenvalue weighted by atomic mass is 16.2. The predicted octanol–water partition coefficient (Wildman–Crippen LogP) is 0.757. The van der Waals surface area contributed by atoms with Crippen molar-refractivity contribution in [2.45, 2.75) is 13.0 Å². The minimum Gasteiger partial charge on any atom is -0.336 e. The lowest BCUT2D eigenvalue weighted by Crippen LogP contribution is -2.35. The van der Waals surface area contributed by atoms with Crippen LogP contribution in [0.15, 0.2) is 24.5 Å². The van der Waals surface area contributed by atoms with Crippen LogP contribution in [-0.4, -0.2) is 42.1 Å².